The van der Waals surface area contributed by atoms with Gasteiger partial charge in [0.25, 0.3) is 0 Å². The van der Waals surface area contributed by atoms with Crippen LogP contribution >= 0.6 is 0 Å². The molecule has 4 N–H and O–H groups in total. The molecule has 1 atom stereocenters. The summed E-state index contributed by atoms with van der Waals surface area (Å²) < 4.78 is 0. The smallest absolute Gasteiger partial charge is 0.221 e. The molecule has 5 heteroatoms. The van der Waals surface area contributed by atoms with Gasteiger partial charge in [0.1, 0.15) is 5.82 Å². The third kappa shape index (κ3) is 3.71. The van der Waals surface area contributed by atoms with Crippen molar-refractivity contribution in [2.75, 3.05) is 16.4 Å². The summed E-state index contributed by atoms with van der Waals surface area (Å²) in [5.74, 6) is 0.641. The van der Waals surface area contributed by atoms with Gasteiger partial charge in [-0.1, -0.05) is 12.1 Å². The molecule has 5 nitrogen and oxygen atoms in total. The van der Waals surface area contributed by atoms with E-state index in [0.29, 0.717) is 5.69 Å². The zero-order chi connectivity index (χ0) is 14.5. The van der Waals surface area contributed by atoms with Crippen LogP contribution in [0.1, 0.15) is 25.5 Å². The first kappa shape index (κ1) is 13.9. The number of rotatable bonds is 4. The Morgan fingerprint density at radius 2 is 2.10 bits per heavy atom. The number of nitrogens with two attached hydrogens (primary N) is 1. The first-order chi connectivity index (χ1) is 9.54. The van der Waals surface area contributed by atoms with Crippen molar-refractivity contribution < 1.29 is 4.79 Å². The first-order valence-corrected chi connectivity index (χ1v) is 6.40. The monoisotopic (exact) mass is 270 g/mol. The molecule has 1 heterocycles. The van der Waals surface area contributed by atoms with Gasteiger partial charge in [0.05, 0.1) is 6.04 Å². The number of amides is 1. The number of nitrogens with zero attached hydrogens (tertiary/aromatic N) is 1. The van der Waals surface area contributed by atoms with Gasteiger partial charge in [-0.25, -0.2) is 4.98 Å². The number of hydrogen-bond acceptors (Lipinski definition) is 4. The molecule has 1 aromatic heterocycles. The Balaban J connectivity index is 2.12. The van der Waals surface area contributed by atoms with Crippen LogP contribution in [0.3, 0.4) is 0 Å². The summed E-state index contributed by atoms with van der Waals surface area (Å²) in [5.41, 5.74) is 8.23. The average Bonchev–Trinajstić information content (AvgIpc) is 2.38. The van der Waals surface area contributed by atoms with Gasteiger partial charge < -0.3 is 16.4 Å². The zero-order valence-corrected chi connectivity index (χ0v) is 11.6. The van der Waals surface area contributed by atoms with Crippen molar-refractivity contribution in [3.8, 4) is 0 Å². The van der Waals surface area contributed by atoms with Gasteiger partial charge in [-0.3, -0.25) is 4.79 Å². The molecule has 0 saturated carbocycles. The molecule has 0 bridgehead atoms. The summed E-state index contributed by atoms with van der Waals surface area (Å²) in [4.78, 5) is 15.3. The molecule has 0 aliphatic carbocycles. The van der Waals surface area contributed by atoms with Gasteiger partial charge in [-0.15, -0.1) is 0 Å². The molecular formula is C15H18N4O. The highest BCUT2D eigenvalue weighted by molar-refractivity contribution is 5.88. The minimum Gasteiger partial charge on any atom is -0.399 e. The lowest BCUT2D eigenvalue weighted by molar-refractivity contribution is -0.114. The van der Waals surface area contributed by atoms with Gasteiger partial charge in [0, 0.05) is 30.6 Å². The number of aromatic nitrogens is 1. The second-order valence-corrected chi connectivity index (χ2v) is 4.65. The number of carbonyl (C=O) groups is 1. The Bertz CT molecular complexity index is 612. The van der Waals surface area contributed by atoms with Crippen molar-refractivity contribution >= 4 is 23.1 Å². The molecule has 0 saturated heterocycles. The molecule has 1 aromatic carbocycles. The van der Waals surface area contributed by atoms with E-state index in [1.807, 2.05) is 31.2 Å². The van der Waals surface area contributed by atoms with E-state index in [1.54, 1.807) is 18.3 Å². The fourth-order valence-electron chi connectivity index (χ4n) is 1.92. The van der Waals surface area contributed by atoms with Crippen LogP contribution < -0.4 is 16.4 Å². The van der Waals surface area contributed by atoms with Crippen LogP contribution in [0.4, 0.5) is 17.2 Å². The maximum atomic E-state index is 11.1. The second kappa shape index (κ2) is 6.06. The van der Waals surface area contributed by atoms with Gasteiger partial charge in [-0.05, 0) is 30.7 Å². The summed E-state index contributed by atoms with van der Waals surface area (Å²) in [5, 5.41) is 6.05. The van der Waals surface area contributed by atoms with E-state index in [0.717, 1.165) is 17.1 Å². The Morgan fingerprint density at radius 1 is 1.30 bits per heavy atom. The lowest BCUT2D eigenvalue weighted by Gasteiger charge is -2.16. The van der Waals surface area contributed by atoms with E-state index in [-0.39, 0.29) is 11.9 Å². The molecule has 0 fully saturated rings. The summed E-state index contributed by atoms with van der Waals surface area (Å²) in [6, 6.07) is 11.3. The number of hydrogen-bond donors (Lipinski definition) is 3. The largest absolute Gasteiger partial charge is 0.399 e. The number of nitrogens with one attached hydrogen (secondary N) is 2. The fraction of sp³-hybridized carbons (Fsp3) is 0.200. The minimum atomic E-state index is -0.0831. The molecular weight excluding hydrogens is 252 g/mol. The summed E-state index contributed by atoms with van der Waals surface area (Å²) in [6.07, 6.45) is 1.66. The number of pyridine rings is 1. The van der Waals surface area contributed by atoms with Crippen molar-refractivity contribution in [1.82, 2.24) is 4.98 Å². The van der Waals surface area contributed by atoms with Crippen LogP contribution in [0.2, 0.25) is 0 Å². The van der Waals surface area contributed by atoms with Gasteiger partial charge in [0.15, 0.2) is 0 Å². The highest BCUT2D eigenvalue weighted by Crippen LogP contribution is 2.21. The summed E-state index contributed by atoms with van der Waals surface area (Å²) >= 11 is 0. The first-order valence-electron chi connectivity index (χ1n) is 6.40. The van der Waals surface area contributed by atoms with Gasteiger partial charge in [-0.2, -0.15) is 0 Å². The number of carbonyl (C=O) groups excluding carboxylic acids is 1. The average molecular weight is 270 g/mol. The molecule has 1 amide bonds. The number of anilines is 3. The minimum absolute atomic E-state index is 0.0537. The number of nitrogen functional groups attached to an aromatic ring is 1. The molecule has 0 aliphatic heterocycles. The molecule has 104 valence electrons. The summed E-state index contributed by atoms with van der Waals surface area (Å²) in [7, 11) is 0. The Kier molecular flexibility index (Phi) is 4.20. The third-order valence-corrected chi connectivity index (χ3v) is 2.86. The maximum Gasteiger partial charge on any atom is 0.221 e. The van der Waals surface area contributed by atoms with Gasteiger partial charge >= 0.3 is 0 Å². The van der Waals surface area contributed by atoms with Crippen molar-refractivity contribution in [2.45, 2.75) is 19.9 Å². The van der Waals surface area contributed by atoms with E-state index in [2.05, 4.69) is 15.6 Å². The fourth-order valence-corrected chi connectivity index (χ4v) is 1.92. The predicted molar refractivity (Wildman–Crippen MR) is 81.4 cm³/mol. The van der Waals surface area contributed by atoms with Crippen LogP contribution in [0, 0.1) is 0 Å². The normalized spacial score (nSPS) is 11.7. The molecule has 0 spiro atoms. The predicted octanol–water partition coefficient (Wildman–Crippen LogP) is 2.80. The second-order valence-electron chi connectivity index (χ2n) is 4.65. The Morgan fingerprint density at radius 3 is 2.80 bits per heavy atom. The van der Waals surface area contributed by atoms with Crippen LogP contribution in [0.15, 0.2) is 42.6 Å². The highest BCUT2D eigenvalue weighted by Gasteiger charge is 2.07. The Hall–Kier alpha value is -2.56. The van der Waals surface area contributed by atoms with E-state index in [1.165, 1.54) is 6.92 Å². The van der Waals surface area contributed by atoms with E-state index < -0.39 is 0 Å². The standard InChI is InChI=1S/C15H18N4O/c1-10(18-15-9-13(16)6-7-17-15)12-4-3-5-14(8-12)19-11(2)20/h3-10H,1-2H3,(H,19,20)(H3,16,17,18). The molecule has 0 aliphatic rings. The van der Waals surface area contributed by atoms with E-state index >= 15 is 0 Å². The molecule has 2 aromatic rings. The zero-order valence-electron chi connectivity index (χ0n) is 11.6. The SMILES string of the molecule is CC(=O)Nc1cccc(C(C)Nc2cc(N)ccn2)c1. The number of benzene rings is 1. The van der Waals surface area contributed by atoms with Gasteiger partial charge in [0.2, 0.25) is 5.91 Å². The quantitative estimate of drug-likeness (QED) is 0.798. The lowest BCUT2D eigenvalue weighted by Crippen LogP contribution is -2.10. The van der Waals surface area contributed by atoms with Crippen molar-refractivity contribution in [3.63, 3.8) is 0 Å². The van der Waals surface area contributed by atoms with Crippen molar-refractivity contribution in [2.24, 2.45) is 0 Å². The van der Waals surface area contributed by atoms with Crippen LogP contribution in [0.25, 0.3) is 0 Å². The lowest BCUT2D eigenvalue weighted by atomic mass is 10.1. The molecule has 1 unspecified atom stereocenters. The summed E-state index contributed by atoms with van der Waals surface area (Å²) in [6.45, 7) is 3.52. The molecule has 0 radical (unpaired) electrons. The van der Waals surface area contributed by atoms with Crippen LogP contribution in [-0.2, 0) is 4.79 Å². The Labute approximate surface area is 118 Å². The topological polar surface area (TPSA) is 80.0 Å². The third-order valence-electron chi connectivity index (χ3n) is 2.86. The van der Waals surface area contributed by atoms with Crippen molar-refractivity contribution in [1.29, 1.82) is 0 Å². The van der Waals surface area contributed by atoms with E-state index in [9.17, 15) is 4.79 Å². The van der Waals surface area contributed by atoms with E-state index in [4.69, 9.17) is 5.73 Å². The highest BCUT2D eigenvalue weighted by atomic mass is 16.1. The van der Waals surface area contributed by atoms with Crippen molar-refractivity contribution in [3.05, 3.63) is 48.2 Å². The van der Waals surface area contributed by atoms with Crippen LogP contribution in [0.5, 0.6) is 0 Å². The molecule has 2 rings (SSSR count). The van der Waals surface area contributed by atoms with Crippen LogP contribution in [-0.4, -0.2) is 10.9 Å². The molecule has 20 heavy (non-hydrogen) atoms. The maximum absolute atomic E-state index is 11.1.